The summed E-state index contributed by atoms with van der Waals surface area (Å²) in [5.41, 5.74) is 0.897. The molecule has 2 heterocycles. The Balaban J connectivity index is 1.87. The van der Waals surface area contributed by atoms with Crippen LogP contribution in [0.1, 0.15) is 6.42 Å². The summed E-state index contributed by atoms with van der Waals surface area (Å²) < 4.78 is 6.79. The zero-order valence-electron chi connectivity index (χ0n) is 12.7. The average Bonchev–Trinajstić information content (AvgIpc) is 2.91. The van der Waals surface area contributed by atoms with Gasteiger partial charge in [0, 0.05) is 45.3 Å². The third kappa shape index (κ3) is 4.54. The summed E-state index contributed by atoms with van der Waals surface area (Å²) in [4.78, 5) is 15.8. The number of hydrogen-bond donors (Lipinski definition) is 1. The minimum absolute atomic E-state index is 0.0213. The average molecular weight is 321 g/mol. The highest BCUT2D eigenvalue weighted by molar-refractivity contribution is 7.99. The predicted molar refractivity (Wildman–Crippen MR) is 84.5 cm³/mol. The van der Waals surface area contributed by atoms with Crippen molar-refractivity contribution in [2.24, 2.45) is 7.05 Å². The highest BCUT2D eigenvalue weighted by Gasteiger charge is 2.12. The van der Waals surface area contributed by atoms with Crippen molar-refractivity contribution >= 4 is 17.7 Å². The van der Waals surface area contributed by atoms with Crippen molar-refractivity contribution < 1.29 is 9.53 Å². The molecule has 7 nitrogen and oxygen atoms in total. The number of methoxy groups -OCH3 is 1. The van der Waals surface area contributed by atoms with Gasteiger partial charge in [-0.3, -0.25) is 9.78 Å². The molecule has 0 aliphatic heterocycles. The Morgan fingerprint density at radius 1 is 1.45 bits per heavy atom. The Bertz CT molecular complexity index is 603. The van der Waals surface area contributed by atoms with Crippen LogP contribution in [0.5, 0.6) is 0 Å². The van der Waals surface area contributed by atoms with E-state index in [4.69, 9.17) is 4.74 Å². The molecular formula is C14H19N5O2S. The quantitative estimate of drug-likeness (QED) is 0.579. The van der Waals surface area contributed by atoms with Crippen molar-refractivity contribution in [3.63, 3.8) is 0 Å². The first kappa shape index (κ1) is 16.4. The van der Waals surface area contributed by atoms with E-state index < -0.39 is 0 Å². The van der Waals surface area contributed by atoms with Gasteiger partial charge in [-0.25, -0.2) is 0 Å². The number of ether oxygens (including phenoxy) is 1. The monoisotopic (exact) mass is 321 g/mol. The number of hydrogen-bond acceptors (Lipinski definition) is 6. The lowest BCUT2D eigenvalue weighted by molar-refractivity contribution is -0.118. The molecule has 0 aliphatic rings. The van der Waals surface area contributed by atoms with Crippen LogP contribution in [-0.2, 0) is 16.6 Å². The Morgan fingerprint density at radius 3 is 3.05 bits per heavy atom. The maximum Gasteiger partial charge on any atom is 0.230 e. The zero-order valence-corrected chi connectivity index (χ0v) is 13.5. The number of amides is 1. The third-order valence-corrected chi connectivity index (χ3v) is 3.95. The summed E-state index contributed by atoms with van der Waals surface area (Å²) in [7, 11) is 3.52. The van der Waals surface area contributed by atoms with Crippen molar-refractivity contribution in [1.29, 1.82) is 0 Å². The number of nitrogens with zero attached hydrogens (tertiary/aromatic N) is 4. The van der Waals surface area contributed by atoms with Gasteiger partial charge in [-0.05, 0) is 18.6 Å². The molecule has 0 saturated heterocycles. The fourth-order valence-electron chi connectivity index (χ4n) is 1.81. The van der Waals surface area contributed by atoms with Crippen LogP contribution in [0.3, 0.4) is 0 Å². The number of carbonyl (C=O) groups excluding carboxylic acids is 1. The highest BCUT2D eigenvalue weighted by Crippen LogP contribution is 2.21. The highest BCUT2D eigenvalue weighted by atomic mass is 32.2. The molecule has 22 heavy (non-hydrogen) atoms. The van der Waals surface area contributed by atoms with E-state index in [0.717, 1.165) is 17.8 Å². The fourth-order valence-corrected chi connectivity index (χ4v) is 2.55. The maximum absolute atomic E-state index is 11.7. The van der Waals surface area contributed by atoms with E-state index in [9.17, 15) is 4.79 Å². The van der Waals surface area contributed by atoms with Gasteiger partial charge in [0.25, 0.3) is 0 Å². The molecule has 0 unspecified atom stereocenters. The van der Waals surface area contributed by atoms with E-state index in [1.165, 1.54) is 11.8 Å². The molecule has 118 valence electrons. The minimum atomic E-state index is -0.0213. The zero-order chi connectivity index (χ0) is 15.8. The van der Waals surface area contributed by atoms with Crippen molar-refractivity contribution in [2.45, 2.75) is 11.6 Å². The summed E-state index contributed by atoms with van der Waals surface area (Å²) in [6.07, 6.45) is 4.26. The lowest BCUT2D eigenvalue weighted by Gasteiger charge is -2.05. The van der Waals surface area contributed by atoms with Gasteiger partial charge in [-0.1, -0.05) is 11.8 Å². The molecule has 0 bridgehead atoms. The largest absolute Gasteiger partial charge is 0.385 e. The van der Waals surface area contributed by atoms with E-state index >= 15 is 0 Å². The summed E-state index contributed by atoms with van der Waals surface area (Å²) in [6.45, 7) is 1.26. The molecule has 0 aliphatic carbocycles. The molecule has 2 aromatic rings. The molecule has 0 radical (unpaired) electrons. The van der Waals surface area contributed by atoms with E-state index in [1.54, 1.807) is 19.5 Å². The smallest absolute Gasteiger partial charge is 0.230 e. The summed E-state index contributed by atoms with van der Waals surface area (Å²) in [5, 5.41) is 11.8. The normalized spacial score (nSPS) is 10.6. The van der Waals surface area contributed by atoms with Gasteiger partial charge >= 0.3 is 0 Å². The number of aromatic nitrogens is 4. The fraction of sp³-hybridized carbons (Fsp3) is 0.429. The minimum Gasteiger partial charge on any atom is -0.385 e. The van der Waals surface area contributed by atoms with E-state index in [0.29, 0.717) is 24.1 Å². The Hall–Kier alpha value is -1.93. The predicted octanol–water partition coefficient (Wildman–Crippen LogP) is 1.12. The molecule has 0 fully saturated rings. The van der Waals surface area contributed by atoms with Gasteiger partial charge in [-0.15, -0.1) is 10.2 Å². The third-order valence-electron chi connectivity index (χ3n) is 2.93. The van der Waals surface area contributed by atoms with Crippen LogP contribution in [0.2, 0.25) is 0 Å². The van der Waals surface area contributed by atoms with Crippen molar-refractivity contribution in [2.75, 3.05) is 26.0 Å². The van der Waals surface area contributed by atoms with Gasteiger partial charge < -0.3 is 14.6 Å². The molecular weight excluding hydrogens is 302 g/mol. The second-order valence-corrected chi connectivity index (χ2v) is 5.53. The summed E-state index contributed by atoms with van der Waals surface area (Å²) >= 11 is 1.36. The molecule has 2 aromatic heterocycles. The van der Waals surface area contributed by atoms with E-state index in [2.05, 4.69) is 20.5 Å². The second kappa shape index (κ2) is 8.50. The van der Waals surface area contributed by atoms with E-state index in [-0.39, 0.29) is 5.91 Å². The van der Waals surface area contributed by atoms with Crippen LogP contribution >= 0.6 is 11.8 Å². The summed E-state index contributed by atoms with van der Waals surface area (Å²) in [6, 6.07) is 3.78. The Kier molecular flexibility index (Phi) is 6.35. The van der Waals surface area contributed by atoms with Crippen molar-refractivity contribution in [3.05, 3.63) is 24.5 Å². The molecule has 0 spiro atoms. The molecule has 0 saturated carbocycles. The van der Waals surface area contributed by atoms with Gasteiger partial charge in [0.15, 0.2) is 11.0 Å². The van der Waals surface area contributed by atoms with Gasteiger partial charge in [0.2, 0.25) is 5.91 Å². The number of nitrogens with one attached hydrogen (secondary N) is 1. The van der Waals surface area contributed by atoms with Crippen LogP contribution in [0, 0.1) is 0 Å². The Labute approximate surface area is 133 Å². The molecule has 1 N–H and O–H groups in total. The van der Waals surface area contributed by atoms with Crippen LogP contribution in [-0.4, -0.2) is 51.7 Å². The second-order valence-electron chi connectivity index (χ2n) is 4.59. The molecule has 1 amide bonds. The number of rotatable bonds is 8. The van der Waals surface area contributed by atoms with Gasteiger partial charge in [-0.2, -0.15) is 0 Å². The lowest BCUT2D eigenvalue weighted by atomic mass is 10.3. The number of thioether (sulfide) groups is 1. The molecule has 0 atom stereocenters. The maximum atomic E-state index is 11.7. The van der Waals surface area contributed by atoms with Crippen molar-refractivity contribution in [3.8, 4) is 11.4 Å². The topological polar surface area (TPSA) is 81.9 Å². The van der Waals surface area contributed by atoms with E-state index in [1.807, 2.05) is 23.7 Å². The van der Waals surface area contributed by atoms with Crippen LogP contribution in [0.4, 0.5) is 0 Å². The first-order valence-electron chi connectivity index (χ1n) is 6.90. The number of carbonyl (C=O) groups is 1. The van der Waals surface area contributed by atoms with Crippen LogP contribution in [0.25, 0.3) is 11.4 Å². The van der Waals surface area contributed by atoms with Gasteiger partial charge in [0.1, 0.15) is 0 Å². The Morgan fingerprint density at radius 2 is 2.32 bits per heavy atom. The first-order chi connectivity index (χ1) is 10.7. The SMILES string of the molecule is COCCCNC(=O)CSc1nnc(-c2cccnc2)n1C. The molecule has 0 aromatic carbocycles. The van der Waals surface area contributed by atoms with Crippen molar-refractivity contribution in [1.82, 2.24) is 25.1 Å². The number of pyridine rings is 1. The molecule has 8 heteroatoms. The molecule has 2 rings (SSSR count). The van der Waals surface area contributed by atoms with Gasteiger partial charge in [0.05, 0.1) is 5.75 Å². The first-order valence-corrected chi connectivity index (χ1v) is 7.89. The van der Waals surface area contributed by atoms with Crippen LogP contribution in [0.15, 0.2) is 29.7 Å². The summed E-state index contributed by atoms with van der Waals surface area (Å²) in [5.74, 6) is 1.02. The lowest BCUT2D eigenvalue weighted by Crippen LogP contribution is -2.26. The standard InChI is InChI=1S/C14H19N5O2S/c1-19-13(11-5-3-6-15-9-11)17-18-14(19)22-10-12(20)16-7-4-8-21-2/h3,5-6,9H,4,7-8,10H2,1-2H3,(H,16,20). The van der Waals surface area contributed by atoms with Crippen LogP contribution < -0.4 is 5.32 Å².